The topological polar surface area (TPSA) is 59.5 Å². The lowest BCUT2D eigenvalue weighted by atomic mass is 9.81. The van der Waals surface area contributed by atoms with Gasteiger partial charge in [-0.05, 0) is 72.8 Å². The number of likely N-dealkylation sites (tertiary alicyclic amines) is 1. The molecular formula is C33H36Cl2F3N5O2S. The zero-order valence-electron chi connectivity index (χ0n) is 25.9. The summed E-state index contributed by atoms with van der Waals surface area (Å²) < 4.78 is 38.7. The molecule has 3 atom stereocenters. The quantitative estimate of drug-likeness (QED) is 0.328. The normalized spacial score (nSPS) is 25.5. The van der Waals surface area contributed by atoms with Crippen molar-refractivity contribution in [3.8, 4) is 0 Å². The molecule has 0 aromatic heterocycles. The summed E-state index contributed by atoms with van der Waals surface area (Å²) >= 11 is 13.9. The summed E-state index contributed by atoms with van der Waals surface area (Å²) in [5, 5.41) is 1.96. The molecule has 13 heteroatoms. The summed E-state index contributed by atoms with van der Waals surface area (Å²) in [7, 11) is 0. The Kier molecular flexibility index (Phi) is 9.17. The van der Waals surface area contributed by atoms with Crippen LogP contribution in [0.5, 0.6) is 0 Å². The molecule has 0 bridgehead atoms. The Morgan fingerprint density at radius 2 is 1.59 bits per heavy atom. The number of amidine groups is 1. The molecule has 2 saturated heterocycles. The fourth-order valence-corrected chi connectivity index (χ4v) is 8.67. The number of allylic oxidation sites excluding steroid dienone is 1. The van der Waals surface area contributed by atoms with Crippen molar-refractivity contribution in [1.82, 2.24) is 19.6 Å². The highest BCUT2D eigenvalue weighted by atomic mass is 35.5. The number of amides is 2. The summed E-state index contributed by atoms with van der Waals surface area (Å²) in [5.41, 5.74) is 2.13. The molecule has 0 saturated carbocycles. The van der Waals surface area contributed by atoms with E-state index in [9.17, 15) is 22.8 Å². The highest BCUT2D eigenvalue weighted by Gasteiger charge is 2.54. The van der Waals surface area contributed by atoms with Crippen molar-refractivity contribution in [3.05, 3.63) is 80.3 Å². The minimum atomic E-state index is -4.28. The monoisotopic (exact) mass is 693 g/mol. The van der Waals surface area contributed by atoms with Gasteiger partial charge >= 0.3 is 6.18 Å². The van der Waals surface area contributed by atoms with Gasteiger partial charge in [-0.25, -0.2) is 4.99 Å². The number of rotatable bonds is 6. The van der Waals surface area contributed by atoms with Gasteiger partial charge in [-0.3, -0.25) is 14.5 Å². The van der Waals surface area contributed by atoms with Gasteiger partial charge in [0.2, 0.25) is 5.91 Å². The third-order valence-electron chi connectivity index (χ3n) is 9.25. The van der Waals surface area contributed by atoms with Crippen LogP contribution in [0.2, 0.25) is 10.0 Å². The Morgan fingerprint density at radius 1 is 0.978 bits per heavy atom. The zero-order chi connectivity index (χ0) is 33.0. The van der Waals surface area contributed by atoms with Crippen molar-refractivity contribution in [3.63, 3.8) is 0 Å². The molecule has 246 valence electrons. The average molecular weight is 695 g/mol. The predicted molar refractivity (Wildman–Crippen MR) is 176 cm³/mol. The van der Waals surface area contributed by atoms with Gasteiger partial charge in [0.05, 0.1) is 12.6 Å². The summed E-state index contributed by atoms with van der Waals surface area (Å²) in [6, 6.07) is 14.4. The van der Waals surface area contributed by atoms with Crippen LogP contribution in [0, 0.1) is 5.92 Å². The van der Waals surface area contributed by atoms with Crippen LogP contribution in [0.15, 0.2) is 64.1 Å². The van der Waals surface area contributed by atoms with Gasteiger partial charge in [-0.2, -0.15) is 13.2 Å². The molecular weight excluding hydrogens is 658 g/mol. The van der Waals surface area contributed by atoms with Crippen LogP contribution in [0.25, 0.3) is 0 Å². The number of piperazine rings is 1. The van der Waals surface area contributed by atoms with E-state index in [2.05, 4.69) is 25.7 Å². The maximum absolute atomic E-state index is 14.4. The second-order valence-electron chi connectivity index (χ2n) is 12.7. The molecule has 0 N–H and O–H groups in total. The summed E-state index contributed by atoms with van der Waals surface area (Å²) in [4.78, 5) is 40.7. The second kappa shape index (κ2) is 12.7. The molecule has 2 amide bonds. The Bertz CT molecular complexity index is 1560. The van der Waals surface area contributed by atoms with Crippen LogP contribution in [-0.4, -0.2) is 88.1 Å². The highest BCUT2D eigenvalue weighted by molar-refractivity contribution is 8.18. The van der Waals surface area contributed by atoms with Crippen molar-refractivity contribution in [1.29, 1.82) is 0 Å². The molecule has 0 aliphatic carbocycles. The first-order valence-corrected chi connectivity index (χ1v) is 17.1. The first kappa shape index (κ1) is 33.2. The fourth-order valence-electron chi connectivity index (χ4n) is 7.05. The first-order chi connectivity index (χ1) is 21.8. The predicted octanol–water partition coefficient (Wildman–Crippen LogP) is 6.93. The minimum absolute atomic E-state index is 0.0417. The number of halogens is 5. The lowest BCUT2D eigenvalue weighted by Gasteiger charge is -2.38. The Labute approximate surface area is 281 Å². The van der Waals surface area contributed by atoms with E-state index in [0.29, 0.717) is 39.5 Å². The van der Waals surface area contributed by atoms with E-state index in [4.69, 9.17) is 28.2 Å². The number of alkyl halides is 3. The van der Waals surface area contributed by atoms with Crippen LogP contribution in [0.4, 0.5) is 13.2 Å². The lowest BCUT2D eigenvalue weighted by Crippen LogP contribution is -2.55. The Morgan fingerprint density at radius 3 is 2.17 bits per heavy atom. The molecule has 2 fully saturated rings. The van der Waals surface area contributed by atoms with Gasteiger partial charge in [-0.15, -0.1) is 0 Å². The molecule has 4 heterocycles. The van der Waals surface area contributed by atoms with E-state index in [1.807, 2.05) is 48.5 Å². The number of benzene rings is 2. The molecule has 2 aromatic rings. The number of carbonyl (C=O) groups is 2. The molecule has 0 radical (unpaired) electrons. The van der Waals surface area contributed by atoms with Crippen LogP contribution >= 0.6 is 35.0 Å². The van der Waals surface area contributed by atoms with Crippen LogP contribution in [0.1, 0.15) is 50.8 Å². The van der Waals surface area contributed by atoms with E-state index in [1.165, 1.54) is 16.7 Å². The number of aliphatic imine (C=N–C) groups is 1. The Hall–Kier alpha value is -2.73. The SMILES string of the molecule is CC(C)C1=C(C(=O)N2CCC[C@H]2C(=O)N2CCN(CC(F)(F)F)CC2)SC2=N[C@@](C)(c3ccc(Cl)cc3)[C@@H](c3ccc(Cl)cc3)N21. The standard InChI is InChI=1S/C33H36Cl2F3N5O2S/c1-20(2)26-27(30(45)42-14-4-5-25(42)29(44)41-17-15-40(16-18-41)19-33(36,37)38)46-31-39-32(3,22-8-12-24(35)13-9-22)28(43(26)31)21-6-10-23(34)11-7-21/h6-13,20,25,28H,4-5,14-19H2,1-3H3/t25-,28+,32-/m0/s1. The van der Waals surface area contributed by atoms with Gasteiger partial charge < -0.3 is 14.7 Å². The number of fused-ring (bicyclic) bond motifs is 1. The maximum Gasteiger partial charge on any atom is 0.401 e. The molecule has 6 rings (SSSR count). The fraction of sp³-hybridized carbons (Fsp3) is 0.485. The minimum Gasteiger partial charge on any atom is -0.338 e. The number of carbonyl (C=O) groups excluding carboxylic acids is 2. The molecule has 46 heavy (non-hydrogen) atoms. The lowest BCUT2D eigenvalue weighted by molar-refractivity contribution is -0.154. The van der Waals surface area contributed by atoms with Crippen LogP contribution in [-0.2, 0) is 15.1 Å². The number of thioether (sulfide) groups is 1. The van der Waals surface area contributed by atoms with Gasteiger partial charge in [0.1, 0.15) is 16.5 Å². The van der Waals surface area contributed by atoms with Crippen LogP contribution in [0.3, 0.4) is 0 Å². The average Bonchev–Trinajstić information content (AvgIpc) is 3.70. The van der Waals surface area contributed by atoms with Gasteiger partial charge in [0, 0.05) is 48.5 Å². The third kappa shape index (κ3) is 6.28. The molecule has 2 aromatic carbocycles. The zero-order valence-corrected chi connectivity index (χ0v) is 28.2. The maximum atomic E-state index is 14.4. The van der Waals surface area contributed by atoms with Crippen molar-refractivity contribution < 1.29 is 22.8 Å². The third-order valence-corrected chi connectivity index (χ3v) is 10.8. The van der Waals surface area contributed by atoms with Crippen molar-refractivity contribution in [2.45, 2.75) is 57.4 Å². The van der Waals surface area contributed by atoms with Crippen molar-refractivity contribution >= 4 is 51.9 Å². The summed E-state index contributed by atoms with van der Waals surface area (Å²) in [6.45, 7) is 6.36. The summed E-state index contributed by atoms with van der Waals surface area (Å²) in [6.07, 6.45) is -3.08. The highest BCUT2D eigenvalue weighted by Crippen LogP contribution is 2.56. The van der Waals surface area contributed by atoms with Gasteiger partial charge in [0.25, 0.3) is 5.91 Å². The second-order valence-corrected chi connectivity index (χ2v) is 14.6. The number of nitrogens with zero attached hydrogens (tertiary/aromatic N) is 5. The first-order valence-electron chi connectivity index (χ1n) is 15.5. The van der Waals surface area contributed by atoms with Crippen LogP contribution < -0.4 is 0 Å². The molecule has 0 spiro atoms. The van der Waals surface area contributed by atoms with Gasteiger partial charge in [-0.1, -0.05) is 61.3 Å². The Balaban J connectivity index is 1.29. The van der Waals surface area contributed by atoms with Crippen molar-refractivity contribution in [2.24, 2.45) is 10.9 Å². The van der Waals surface area contributed by atoms with Gasteiger partial charge in [0.15, 0.2) is 5.17 Å². The largest absolute Gasteiger partial charge is 0.401 e. The van der Waals surface area contributed by atoms with E-state index in [-0.39, 0.29) is 50.0 Å². The van der Waals surface area contributed by atoms with E-state index < -0.39 is 24.3 Å². The molecule has 4 aliphatic heterocycles. The summed E-state index contributed by atoms with van der Waals surface area (Å²) in [5.74, 6) is -0.445. The van der Waals surface area contributed by atoms with E-state index >= 15 is 0 Å². The smallest absolute Gasteiger partial charge is 0.338 e. The molecule has 0 unspecified atom stereocenters. The number of hydrogen-bond donors (Lipinski definition) is 0. The van der Waals surface area contributed by atoms with Crippen molar-refractivity contribution in [2.75, 3.05) is 39.3 Å². The molecule has 4 aliphatic rings. The van der Waals surface area contributed by atoms with E-state index in [0.717, 1.165) is 16.8 Å². The number of hydrogen-bond acceptors (Lipinski definition) is 6. The van der Waals surface area contributed by atoms with E-state index in [1.54, 1.807) is 9.80 Å². The molecule has 7 nitrogen and oxygen atoms in total.